The number of benzene rings is 1. The van der Waals surface area contributed by atoms with E-state index in [0.717, 1.165) is 6.42 Å². The van der Waals surface area contributed by atoms with Crippen molar-refractivity contribution < 1.29 is 19.1 Å². The summed E-state index contributed by atoms with van der Waals surface area (Å²) in [5.74, 6) is -0.424. The number of carbonyl (C=O) groups is 2. The van der Waals surface area contributed by atoms with Crippen molar-refractivity contribution in [2.45, 2.75) is 25.7 Å². The highest BCUT2D eigenvalue weighted by atomic mass is 16.7. The third-order valence-electron chi connectivity index (χ3n) is 4.44. The number of esters is 1. The smallest absolute Gasteiger partial charge is 0.336 e. The van der Waals surface area contributed by atoms with E-state index in [-0.39, 0.29) is 23.8 Å². The van der Waals surface area contributed by atoms with E-state index in [2.05, 4.69) is 17.4 Å². The first kappa shape index (κ1) is 13.1. The van der Waals surface area contributed by atoms with Gasteiger partial charge in [0.15, 0.2) is 0 Å². The summed E-state index contributed by atoms with van der Waals surface area (Å²) in [5.41, 5.74) is 3.55. The lowest BCUT2D eigenvalue weighted by Crippen LogP contribution is -2.19. The number of fused-ring (bicyclic) bond motifs is 3. The fourth-order valence-corrected chi connectivity index (χ4v) is 3.31. The molecule has 1 aliphatic carbocycles. The number of ether oxygens (including phenoxy) is 2. The van der Waals surface area contributed by atoms with Crippen molar-refractivity contribution in [3.63, 3.8) is 0 Å². The summed E-state index contributed by atoms with van der Waals surface area (Å²) in [6.45, 7) is 1.67. The Balaban J connectivity index is 1.55. The van der Waals surface area contributed by atoms with Crippen LogP contribution in [0, 0.1) is 5.92 Å². The van der Waals surface area contributed by atoms with Crippen molar-refractivity contribution in [2.24, 2.45) is 5.92 Å². The van der Waals surface area contributed by atoms with E-state index in [1.807, 2.05) is 12.1 Å². The van der Waals surface area contributed by atoms with Gasteiger partial charge >= 0.3 is 5.97 Å². The van der Waals surface area contributed by atoms with E-state index < -0.39 is 6.29 Å². The van der Waals surface area contributed by atoms with E-state index in [0.29, 0.717) is 11.1 Å². The minimum absolute atomic E-state index is 0.0157. The Labute approximate surface area is 127 Å². The van der Waals surface area contributed by atoms with Crippen LogP contribution in [0.2, 0.25) is 0 Å². The van der Waals surface area contributed by atoms with Gasteiger partial charge in [-0.3, -0.25) is 4.79 Å². The summed E-state index contributed by atoms with van der Waals surface area (Å²) in [4.78, 5) is 23.5. The molecule has 1 amide bonds. The Kier molecular flexibility index (Phi) is 2.82. The van der Waals surface area contributed by atoms with Gasteiger partial charge in [0, 0.05) is 17.6 Å². The van der Waals surface area contributed by atoms with Gasteiger partial charge < -0.3 is 14.8 Å². The second-order valence-electron chi connectivity index (χ2n) is 5.79. The molecule has 5 nitrogen and oxygen atoms in total. The number of hydrogen-bond acceptors (Lipinski definition) is 4. The topological polar surface area (TPSA) is 64.6 Å². The fourth-order valence-electron chi connectivity index (χ4n) is 3.31. The van der Waals surface area contributed by atoms with Crippen molar-refractivity contribution in [1.82, 2.24) is 5.32 Å². The summed E-state index contributed by atoms with van der Waals surface area (Å²) in [7, 11) is 0. The van der Waals surface area contributed by atoms with Crippen molar-refractivity contribution in [2.75, 3.05) is 0 Å². The highest BCUT2D eigenvalue weighted by Gasteiger charge is 2.44. The van der Waals surface area contributed by atoms with Gasteiger partial charge in [0.1, 0.15) is 0 Å². The number of nitrogens with one attached hydrogen (secondary N) is 1. The molecule has 3 aliphatic rings. The van der Waals surface area contributed by atoms with E-state index in [1.165, 1.54) is 17.4 Å². The highest BCUT2D eigenvalue weighted by Crippen LogP contribution is 2.44. The number of hydrogen-bond donors (Lipinski definition) is 1. The number of carbonyl (C=O) groups excluding carboxylic acids is 2. The summed E-state index contributed by atoms with van der Waals surface area (Å²) in [6.07, 6.45) is 3.12. The molecular weight excluding hydrogens is 282 g/mol. The van der Waals surface area contributed by atoms with E-state index in [9.17, 15) is 9.59 Å². The van der Waals surface area contributed by atoms with Gasteiger partial charge in [0.05, 0.1) is 17.9 Å². The molecule has 2 aliphatic heterocycles. The molecule has 1 saturated heterocycles. The predicted molar refractivity (Wildman–Crippen MR) is 77.3 cm³/mol. The normalized spacial score (nSPS) is 30.7. The van der Waals surface area contributed by atoms with Crippen LogP contribution in [0.1, 0.15) is 24.1 Å². The summed E-state index contributed by atoms with van der Waals surface area (Å²) in [5, 5.41) is 3.00. The molecule has 3 atom stereocenters. The summed E-state index contributed by atoms with van der Waals surface area (Å²) >= 11 is 0. The van der Waals surface area contributed by atoms with Crippen LogP contribution in [0.15, 0.2) is 47.7 Å². The Morgan fingerprint density at radius 3 is 2.91 bits per heavy atom. The monoisotopic (exact) mass is 297 g/mol. The molecule has 112 valence electrons. The van der Waals surface area contributed by atoms with Crippen LogP contribution in [0.5, 0.6) is 0 Å². The molecule has 0 spiro atoms. The van der Waals surface area contributed by atoms with Crippen LogP contribution in [-0.2, 0) is 25.5 Å². The lowest BCUT2D eigenvalue weighted by atomic mass is 9.97. The molecule has 4 rings (SSSR count). The predicted octanol–water partition coefficient (Wildman–Crippen LogP) is 1.76. The minimum atomic E-state index is -0.740. The highest BCUT2D eigenvalue weighted by molar-refractivity contribution is 5.97. The van der Waals surface area contributed by atoms with Crippen LogP contribution in [0.4, 0.5) is 0 Å². The van der Waals surface area contributed by atoms with E-state index in [4.69, 9.17) is 9.47 Å². The third-order valence-corrected chi connectivity index (χ3v) is 4.44. The lowest BCUT2D eigenvalue weighted by molar-refractivity contribution is -0.152. The van der Waals surface area contributed by atoms with Gasteiger partial charge in [-0.25, -0.2) is 4.79 Å². The largest absolute Gasteiger partial charge is 0.458 e. The molecule has 0 bridgehead atoms. The summed E-state index contributed by atoms with van der Waals surface area (Å²) in [6, 6.07) is 8.14. The Bertz CT molecular complexity index is 734. The van der Waals surface area contributed by atoms with Gasteiger partial charge in [-0.2, -0.15) is 0 Å². The molecule has 1 aromatic rings. The van der Waals surface area contributed by atoms with Crippen LogP contribution in [0.3, 0.4) is 0 Å². The molecule has 2 heterocycles. The van der Waals surface area contributed by atoms with E-state index in [1.54, 1.807) is 13.0 Å². The van der Waals surface area contributed by atoms with Crippen LogP contribution in [-0.4, -0.2) is 18.2 Å². The third kappa shape index (κ3) is 1.93. The molecule has 22 heavy (non-hydrogen) atoms. The zero-order valence-corrected chi connectivity index (χ0v) is 12.0. The van der Waals surface area contributed by atoms with Gasteiger partial charge in [-0.15, -0.1) is 0 Å². The van der Waals surface area contributed by atoms with E-state index >= 15 is 0 Å². The zero-order chi connectivity index (χ0) is 15.3. The van der Waals surface area contributed by atoms with Crippen molar-refractivity contribution in [1.29, 1.82) is 0 Å². The molecule has 0 saturated carbocycles. The average molecular weight is 297 g/mol. The van der Waals surface area contributed by atoms with Crippen molar-refractivity contribution >= 4 is 11.9 Å². The fraction of sp³-hybridized carbons (Fsp3) is 0.294. The molecule has 5 heteroatoms. The van der Waals surface area contributed by atoms with Crippen molar-refractivity contribution in [3.8, 4) is 0 Å². The second-order valence-corrected chi connectivity index (χ2v) is 5.79. The first-order chi connectivity index (χ1) is 10.6. The number of cyclic esters (lactones) is 1. The Morgan fingerprint density at radius 1 is 1.32 bits per heavy atom. The van der Waals surface area contributed by atoms with Gasteiger partial charge in [0.2, 0.25) is 0 Å². The Hall–Kier alpha value is -2.56. The second kappa shape index (κ2) is 4.73. The molecule has 1 N–H and O–H groups in total. The standard InChI is InChI=1S/C17H15NO4/c1-9-6-14(22-17(9)20)21-8-13-12-7-10-4-2-3-5-11(10)15(12)18-16(13)19/h2-6,8,12,14-15H,7H2,1H3,(H,18,19)/b13-8+/t12?,14-,15-/m1/s1. The average Bonchev–Trinajstić information content (AvgIpc) is 3.10. The maximum Gasteiger partial charge on any atom is 0.336 e. The first-order valence-electron chi connectivity index (χ1n) is 7.27. The molecule has 1 aromatic carbocycles. The molecule has 0 radical (unpaired) electrons. The quantitative estimate of drug-likeness (QED) is 0.513. The first-order valence-corrected chi connectivity index (χ1v) is 7.27. The molecular formula is C17H15NO4. The van der Waals surface area contributed by atoms with Crippen molar-refractivity contribution in [3.05, 3.63) is 58.9 Å². The molecule has 1 fully saturated rings. The summed E-state index contributed by atoms with van der Waals surface area (Å²) < 4.78 is 10.5. The lowest BCUT2D eigenvalue weighted by Gasteiger charge is -2.11. The molecule has 0 aromatic heterocycles. The van der Waals surface area contributed by atoms with Crippen LogP contribution < -0.4 is 5.32 Å². The minimum Gasteiger partial charge on any atom is -0.458 e. The maximum absolute atomic E-state index is 12.1. The zero-order valence-electron chi connectivity index (χ0n) is 12.0. The number of amides is 1. The molecule has 1 unspecified atom stereocenters. The Morgan fingerprint density at radius 2 is 2.14 bits per heavy atom. The maximum atomic E-state index is 12.1. The van der Waals surface area contributed by atoms with Crippen LogP contribution >= 0.6 is 0 Å². The number of rotatable bonds is 2. The van der Waals surface area contributed by atoms with Crippen LogP contribution in [0.25, 0.3) is 0 Å². The SMILES string of the molecule is CC1=C[C@H](O/C=C2/C(=O)N[C@@H]3c4ccccc4CC23)OC1=O. The van der Waals surface area contributed by atoms with Gasteiger partial charge in [0.25, 0.3) is 12.2 Å². The van der Waals surface area contributed by atoms with Gasteiger partial charge in [-0.1, -0.05) is 24.3 Å². The van der Waals surface area contributed by atoms with Gasteiger partial charge in [-0.05, 0) is 24.5 Å².